The predicted octanol–water partition coefficient (Wildman–Crippen LogP) is 6.48. The number of isothiocyanates is 1. The fraction of sp³-hybridized carbons (Fsp3) is 0.292. The number of fused-ring (bicyclic) bond motifs is 1. The molecule has 2 aliphatic rings. The van der Waals surface area contributed by atoms with Crippen LogP contribution in [0, 0.1) is 23.6 Å². The van der Waals surface area contributed by atoms with E-state index in [0.29, 0.717) is 5.56 Å². The molecule has 134 valence electrons. The molecule has 4 rings (SSSR count). The Morgan fingerprint density at radius 2 is 1.81 bits per heavy atom. The summed E-state index contributed by atoms with van der Waals surface area (Å²) in [5.41, 5.74) is 6.06. The van der Waals surface area contributed by atoms with Gasteiger partial charge >= 0.3 is 0 Å². The molecule has 0 bridgehead atoms. The number of aliphatic imine (C=N–C) groups is 1. The zero-order valence-electron chi connectivity index (χ0n) is 15.1. The second-order valence-corrected chi connectivity index (χ2v) is 7.52. The average Bonchev–Trinajstić information content (AvgIpc) is 2.65. The van der Waals surface area contributed by atoms with E-state index in [1.165, 1.54) is 42.9 Å². The van der Waals surface area contributed by atoms with Crippen LogP contribution in [0.15, 0.2) is 47.0 Å². The summed E-state index contributed by atoms with van der Waals surface area (Å²) in [6, 6.07) is 11.1. The van der Waals surface area contributed by atoms with E-state index in [4.69, 9.17) is 0 Å². The lowest BCUT2D eigenvalue weighted by molar-refractivity contribution is 0.312. The Kier molecular flexibility index (Phi) is 5.30. The van der Waals surface area contributed by atoms with Crippen molar-refractivity contribution in [1.29, 1.82) is 0 Å². The van der Waals surface area contributed by atoms with Gasteiger partial charge in [-0.1, -0.05) is 48.8 Å². The lowest BCUT2D eigenvalue weighted by Gasteiger charge is -2.28. The summed E-state index contributed by atoms with van der Waals surface area (Å²) in [5.74, 6) is 6.67. The maximum Gasteiger partial charge on any atom is 0.150 e. The number of hydrogen-bond acceptors (Lipinski definition) is 2. The maximum atomic E-state index is 13.9. The first-order valence-electron chi connectivity index (χ1n) is 9.43. The number of thiocarbonyl (C=S) groups is 1. The van der Waals surface area contributed by atoms with Gasteiger partial charge in [-0.25, -0.2) is 4.39 Å². The fourth-order valence-corrected chi connectivity index (χ4v) is 3.82. The van der Waals surface area contributed by atoms with Crippen LogP contribution in [0.4, 0.5) is 10.1 Å². The molecule has 2 aromatic carbocycles. The smallest absolute Gasteiger partial charge is 0.150 e. The summed E-state index contributed by atoms with van der Waals surface area (Å²) in [5, 5.41) is 2.18. The average molecular weight is 373 g/mol. The van der Waals surface area contributed by atoms with Gasteiger partial charge in [-0.2, -0.15) is 4.99 Å². The molecular weight excluding hydrogens is 353 g/mol. The van der Waals surface area contributed by atoms with Crippen molar-refractivity contribution >= 4 is 29.1 Å². The molecule has 0 heterocycles. The van der Waals surface area contributed by atoms with E-state index >= 15 is 0 Å². The number of hydrogen-bond donors (Lipinski definition) is 0. The van der Waals surface area contributed by atoms with Crippen LogP contribution in [0.2, 0.25) is 0 Å². The van der Waals surface area contributed by atoms with Gasteiger partial charge in [0.2, 0.25) is 0 Å². The van der Waals surface area contributed by atoms with Crippen molar-refractivity contribution in [3.63, 3.8) is 0 Å². The van der Waals surface area contributed by atoms with Crippen molar-refractivity contribution in [1.82, 2.24) is 0 Å². The Morgan fingerprint density at radius 3 is 2.52 bits per heavy atom. The first-order chi connectivity index (χ1) is 13.2. The highest BCUT2D eigenvalue weighted by Crippen LogP contribution is 2.36. The normalized spacial score (nSPS) is 15.5. The predicted molar refractivity (Wildman–Crippen MR) is 112 cm³/mol. The van der Waals surface area contributed by atoms with E-state index in [2.05, 4.69) is 58.5 Å². The molecule has 0 aromatic heterocycles. The van der Waals surface area contributed by atoms with Crippen LogP contribution in [0.1, 0.15) is 54.4 Å². The van der Waals surface area contributed by atoms with Gasteiger partial charge in [0.1, 0.15) is 5.69 Å². The van der Waals surface area contributed by atoms with Gasteiger partial charge in [-0.05, 0) is 78.9 Å². The van der Waals surface area contributed by atoms with Crippen LogP contribution < -0.4 is 0 Å². The Bertz CT molecular complexity index is 1010. The fourth-order valence-electron chi connectivity index (χ4n) is 3.73. The number of rotatable bonds is 3. The van der Waals surface area contributed by atoms with E-state index in [9.17, 15) is 4.39 Å². The Balaban J connectivity index is 1.51. The van der Waals surface area contributed by atoms with E-state index < -0.39 is 5.82 Å². The molecule has 1 fully saturated rings. The summed E-state index contributed by atoms with van der Waals surface area (Å²) in [4.78, 5) is 3.68. The lowest BCUT2D eigenvalue weighted by atomic mass is 9.78. The maximum absolute atomic E-state index is 13.9. The highest BCUT2D eigenvalue weighted by molar-refractivity contribution is 7.78. The van der Waals surface area contributed by atoms with Crippen molar-refractivity contribution in [2.75, 3.05) is 0 Å². The minimum Gasteiger partial charge on any atom is -0.205 e. The van der Waals surface area contributed by atoms with Gasteiger partial charge in [-0.15, -0.1) is 0 Å². The SMILES string of the molecule is Fc1cc(C#Cc2ccc3c(c2)CCC(CC2CCC2)=C3)ccc1N=C=S. The Labute approximate surface area is 165 Å². The van der Waals surface area contributed by atoms with Gasteiger partial charge in [0.25, 0.3) is 0 Å². The van der Waals surface area contributed by atoms with E-state index in [-0.39, 0.29) is 5.69 Å². The molecule has 0 amide bonds. The first-order valence-corrected chi connectivity index (χ1v) is 9.84. The number of allylic oxidation sites excluding steroid dienone is 1. The number of benzene rings is 2. The van der Waals surface area contributed by atoms with Crippen LogP contribution in [0.25, 0.3) is 6.08 Å². The minimum absolute atomic E-state index is 0.189. The summed E-state index contributed by atoms with van der Waals surface area (Å²) < 4.78 is 13.9. The molecular formula is C24H20FNS. The Morgan fingerprint density at radius 1 is 1.04 bits per heavy atom. The quantitative estimate of drug-likeness (QED) is 0.341. The van der Waals surface area contributed by atoms with E-state index in [1.54, 1.807) is 17.7 Å². The molecule has 1 saturated carbocycles. The number of halogens is 1. The molecule has 0 spiro atoms. The van der Waals surface area contributed by atoms with E-state index in [1.807, 2.05) is 0 Å². The summed E-state index contributed by atoms with van der Waals surface area (Å²) in [6.45, 7) is 0. The van der Waals surface area contributed by atoms with Gasteiger partial charge in [-0.3, -0.25) is 0 Å². The van der Waals surface area contributed by atoms with Crippen LogP contribution in [0.5, 0.6) is 0 Å². The summed E-state index contributed by atoms with van der Waals surface area (Å²) in [6.07, 6.45) is 10.1. The van der Waals surface area contributed by atoms with E-state index in [0.717, 1.165) is 24.3 Å². The highest BCUT2D eigenvalue weighted by Gasteiger charge is 2.20. The monoisotopic (exact) mass is 373 g/mol. The van der Waals surface area contributed by atoms with Crippen molar-refractivity contribution in [2.24, 2.45) is 10.9 Å². The van der Waals surface area contributed by atoms with Crippen molar-refractivity contribution in [3.05, 3.63) is 70.0 Å². The topological polar surface area (TPSA) is 12.4 Å². The third-order valence-corrected chi connectivity index (χ3v) is 5.55. The van der Waals surface area contributed by atoms with Crippen LogP contribution >= 0.6 is 12.2 Å². The van der Waals surface area contributed by atoms with Crippen molar-refractivity contribution in [3.8, 4) is 11.8 Å². The highest BCUT2D eigenvalue weighted by atomic mass is 32.1. The standard InChI is InChI=1S/C24H20FNS/c25-23-15-19(8-11-24(23)26-16-27)5-4-18-6-9-22-14-20(7-10-21(22)13-18)12-17-2-1-3-17/h6,8-9,11,13-15,17H,1-3,7,10,12H2. The molecule has 27 heavy (non-hydrogen) atoms. The number of aryl methyl sites for hydroxylation is 1. The molecule has 2 aromatic rings. The second kappa shape index (κ2) is 8.01. The van der Waals surface area contributed by atoms with Gasteiger partial charge < -0.3 is 0 Å². The van der Waals surface area contributed by atoms with Crippen molar-refractivity contribution < 1.29 is 4.39 Å². The molecule has 0 atom stereocenters. The van der Waals surface area contributed by atoms with Gasteiger partial charge in [0, 0.05) is 11.1 Å². The van der Waals surface area contributed by atoms with Crippen molar-refractivity contribution in [2.45, 2.75) is 38.5 Å². The first kappa shape index (κ1) is 17.9. The zero-order valence-corrected chi connectivity index (χ0v) is 15.9. The molecule has 0 unspecified atom stereocenters. The van der Waals surface area contributed by atoms with Crippen LogP contribution in [0.3, 0.4) is 0 Å². The molecule has 3 heteroatoms. The lowest BCUT2D eigenvalue weighted by Crippen LogP contribution is -2.13. The third-order valence-electron chi connectivity index (χ3n) is 5.46. The molecule has 0 saturated heterocycles. The molecule has 0 radical (unpaired) electrons. The van der Waals surface area contributed by atoms with Crippen LogP contribution in [-0.2, 0) is 6.42 Å². The van der Waals surface area contributed by atoms with Gasteiger partial charge in [0.05, 0.1) is 5.16 Å². The third kappa shape index (κ3) is 4.25. The largest absolute Gasteiger partial charge is 0.205 e. The summed E-state index contributed by atoms with van der Waals surface area (Å²) in [7, 11) is 0. The molecule has 0 aliphatic heterocycles. The summed E-state index contributed by atoms with van der Waals surface area (Å²) >= 11 is 4.51. The van der Waals surface area contributed by atoms with Gasteiger partial charge in [0.15, 0.2) is 5.82 Å². The Hall–Kier alpha value is -2.53. The minimum atomic E-state index is -0.436. The zero-order chi connectivity index (χ0) is 18.6. The molecule has 0 N–H and O–H groups in total. The molecule has 1 nitrogen and oxygen atoms in total. The molecule has 2 aliphatic carbocycles. The van der Waals surface area contributed by atoms with Crippen LogP contribution in [-0.4, -0.2) is 5.16 Å². The number of nitrogens with zero attached hydrogens (tertiary/aromatic N) is 1. The second-order valence-electron chi connectivity index (χ2n) is 7.34.